The number of hydrogen-bond acceptors (Lipinski definition) is 4. The molecule has 0 amide bonds. The zero-order valence-electron chi connectivity index (χ0n) is 12.8. The Morgan fingerprint density at radius 3 is 1.65 bits per heavy atom. The van der Waals surface area contributed by atoms with E-state index in [4.69, 9.17) is 14.9 Å². The Morgan fingerprint density at radius 1 is 0.650 bits per heavy atom. The molecule has 0 bridgehead atoms. The highest BCUT2D eigenvalue weighted by Crippen LogP contribution is 2.08. The smallest absolute Gasteiger partial charge is 0.305 e. The monoisotopic (exact) mass is 288 g/mol. The first kappa shape index (κ1) is 19.4. The molecule has 0 heterocycles. The van der Waals surface area contributed by atoms with Crippen LogP contribution in [0, 0.1) is 0 Å². The maximum Gasteiger partial charge on any atom is 0.305 e. The molecule has 20 heavy (non-hydrogen) atoms. The van der Waals surface area contributed by atoms with Gasteiger partial charge in [-0.05, 0) is 25.7 Å². The van der Waals surface area contributed by atoms with Crippen LogP contribution in [0.4, 0.5) is 0 Å². The predicted molar refractivity (Wildman–Crippen MR) is 80.5 cm³/mol. The van der Waals surface area contributed by atoms with E-state index >= 15 is 0 Å². The average molecular weight is 288 g/mol. The Hall–Kier alpha value is -0.610. The van der Waals surface area contributed by atoms with E-state index in [-0.39, 0.29) is 12.6 Å². The Bertz CT molecular complexity index is 207. The second-order valence-corrected chi connectivity index (χ2v) is 5.31. The fourth-order valence-electron chi connectivity index (χ4n) is 2.09. The molecule has 0 aromatic rings. The van der Waals surface area contributed by atoms with E-state index in [2.05, 4.69) is 0 Å². The minimum Gasteiger partial charge on any atom is -0.466 e. The van der Waals surface area contributed by atoms with Gasteiger partial charge in [0.1, 0.15) is 0 Å². The van der Waals surface area contributed by atoms with Crippen molar-refractivity contribution in [3.8, 4) is 0 Å². The Morgan fingerprint density at radius 2 is 1.10 bits per heavy atom. The summed E-state index contributed by atoms with van der Waals surface area (Å²) in [7, 11) is 0. The molecule has 0 aromatic carbocycles. The third-order valence-electron chi connectivity index (χ3n) is 3.35. The first-order valence-corrected chi connectivity index (χ1v) is 8.18. The normalized spacial score (nSPS) is 10.7. The summed E-state index contributed by atoms with van der Waals surface area (Å²) in [6.07, 6.45) is 12.0. The van der Waals surface area contributed by atoms with E-state index in [1.165, 1.54) is 25.7 Å². The average Bonchev–Trinajstić information content (AvgIpc) is 2.45. The molecule has 0 radical (unpaired) electrons. The number of aliphatic hydroxyl groups is 2. The molecule has 0 rings (SSSR count). The highest BCUT2D eigenvalue weighted by molar-refractivity contribution is 5.69. The van der Waals surface area contributed by atoms with E-state index in [1.807, 2.05) is 0 Å². The minimum atomic E-state index is -0.105. The summed E-state index contributed by atoms with van der Waals surface area (Å²) in [5.41, 5.74) is 0. The van der Waals surface area contributed by atoms with Crippen molar-refractivity contribution in [2.24, 2.45) is 0 Å². The number of ether oxygens (including phenoxy) is 1. The van der Waals surface area contributed by atoms with Crippen molar-refractivity contribution >= 4 is 5.97 Å². The lowest BCUT2D eigenvalue weighted by Gasteiger charge is -2.05. The van der Waals surface area contributed by atoms with E-state index in [9.17, 15) is 4.79 Å². The summed E-state index contributed by atoms with van der Waals surface area (Å²) < 4.78 is 5.15. The second kappa shape index (κ2) is 16.4. The largest absolute Gasteiger partial charge is 0.466 e. The Balaban J connectivity index is 3.09. The van der Waals surface area contributed by atoms with Gasteiger partial charge in [-0.1, -0.05) is 44.9 Å². The van der Waals surface area contributed by atoms with E-state index in [0.717, 1.165) is 44.9 Å². The quantitative estimate of drug-likeness (QED) is 0.359. The number of carbonyl (C=O) groups excluding carboxylic acids is 1. The van der Waals surface area contributed by atoms with Crippen LogP contribution >= 0.6 is 0 Å². The van der Waals surface area contributed by atoms with Gasteiger partial charge in [0.25, 0.3) is 0 Å². The Labute approximate surface area is 123 Å². The second-order valence-electron chi connectivity index (χ2n) is 5.31. The van der Waals surface area contributed by atoms with Crippen LogP contribution in [-0.2, 0) is 9.53 Å². The van der Waals surface area contributed by atoms with Crippen molar-refractivity contribution in [1.82, 2.24) is 0 Å². The summed E-state index contributed by atoms with van der Waals surface area (Å²) >= 11 is 0. The van der Waals surface area contributed by atoms with Gasteiger partial charge < -0.3 is 14.9 Å². The predicted octanol–water partition coefficient (Wildman–Crippen LogP) is 3.20. The molecule has 0 aliphatic rings. The third kappa shape index (κ3) is 15.4. The lowest BCUT2D eigenvalue weighted by Crippen LogP contribution is -2.05. The van der Waals surface area contributed by atoms with Gasteiger partial charge in [0.2, 0.25) is 0 Å². The number of rotatable bonds is 15. The van der Waals surface area contributed by atoms with Crippen LogP contribution in [0.2, 0.25) is 0 Å². The van der Waals surface area contributed by atoms with Crippen molar-refractivity contribution in [3.05, 3.63) is 0 Å². The van der Waals surface area contributed by atoms with Crippen LogP contribution < -0.4 is 0 Å². The van der Waals surface area contributed by atoms with Gasteiger partial charge in [-0.2, -0.15) is 0 Å². The van der Waals surface area contributed by atoms with Crippen molar-refractivity contribution in [2.75, 3.05) is 19.8 Å². The summed E-state index contributed by atoms with van der Waals surface area (Å²) in [6.45, 7) is 1.06. The van der Waals surface area contributed by atoms with E-state index in [1.54, 1.807) is 0 Å². The van der Waals surface area contributed by atoms with Crippen LogP contribution in [0.25, 0.3) is 0 Å². The maximum absolute atomic E-state index is 11.3. The first-order valence-electron chi connectivity index (χ1n) is 8.18. The summed E-state index contributed by atoms with van der Waals surface area (Å²) in [5.74, 6) is -0.105. The highest BCUT2D eigenvalue weighted by atomic mass is 16.5. The first-order chi connectivity index (χ1) is 9.81. The van der Waals surface area contributed by atoms with Gasteiger partial charge in [0.05, 0.1) is 6.61 Å². The number of aliphatic hydroxyl groups excluding tert-OH is 2. The van der Waals surface area contributed by atoms with Crippen LogP contribution in [0.1, 0.15) is 77.0 Å². The summed E-state index contributed by atoms with van der Waals surface area (Å²) in [5, 5.41) is 17.2. The highest BCUT2D eigenvalue weighted by Gasteiger charge is 2.02. The molecule has 0 aliphatic heterocycles. The minimum absolute atomic E-state index is 0.105. The Kier molecular flexibility index (Phi) is 15.9. The third-order valence-corrected chi connectivity index (χ3v) is 3.35. The van der Waals surface area contributed by atoms with Crippen LogP contribution in [0.3, 0.4) is 0 Å². The molecule has 4 nitrogen and oxygen atoms in total. The van der Waals surface area contributed by atoms with Gasteiger partial charge in [0, 0.05) is 19.6 Å². The van der Waals surface area contributed by atoms with E-state index < -0.39 is 0 Å². The lowest BCUT2D eigenvalue weighted by molar-refractivity contribution is -0.143. The molecule has 0 saturated heterocycles. The van der Waals surface area contributed by atoms with E-state index in [0.29, 0.717) is 19.6 Å². The van der Waals surface area contributed by atoms with Gasteiger partial charge in [-0.25, -0.2) is 0 Å². The molecule has 4 heteroatoms. The molecule has 0 aliphatic carbocycles. The van der Waals surface area contributed by atoms with Crippen molar-refractivity contribution < 1.29 is 19.7 Å². The van der Waals surface area contributed by atoms with Crippen molar-refractivity contribution in [2.45, 2.75) is 77.0 Å². The number of unbranched alkanes of at least 4 members (excludes halogenated alkanes) is 9. The summed E-state index contributed by atoms with van der Waals surface area (Å²) in [4.78, 5) is 11.3. The van der Waals surface area contributed by atoms with Gasteiger partial charge in [0.15, 0.2) is 0 Å². The van der Waals surface area contributed by atoms with Gasteiger partial charge in [-0.15, -0.1) is 0 Å². The number of esters is 1. The zero-order chi connectivity index (χ0) is 14.9. The molecule has 0 saturated carbocycles. The van der Waals surface area contributed by atoms with Crippen LogP contribution in [-0.4, -0.2) is 36.0 Å². The molecule has 0 spiro atoms. The SMILES string of the molecule is O=C(CCCCCO)OCCCCCCCCCCO. The number of hydrogen-bond donors (Lipinski definition) is 2. The molecule has 0 fully saturated rings. The van der Waals surface area contributed by atoms with Crippen LogP contribution in [0.15, 0.2) is 0 Å². The fraction of sp³-hybridized carbons (Fsp3) is 0.938. The van der Waals surface area contributed by atoms with Crippen molar-refractivity contribution in [1.29, 1.82) is 0 Å². The fourth-order valence-corrected chi connectivity index (χ4v) is 2.09. The topological polar surface area (TPSA) is 66.8 Å². The van der Waals surface area contributed by atoms with Crippen LogP contribution in [0.5, 0.6) is 0 Å². The molecule has 2 N–H and O–H groups in total. The molecule has 0 unspecified atom stereocenters. The maximum atomic E-state index is 11.3. The standard InChI is InChI=1S/C16H32O4/c17-13-9-5-3-1-2-4-6-11-15-20-16(19)12-8-7-10-14-18/h17-18H,1-15H2. The zero-order valence-corrected chi connectivity index (χ0v) is 12.8. The molecule has 120 valence electrons. The molecule has 0 atom stereocenters. The van der Waals surface area contributed by atoms with Crippen molar-refractivity contribution in [3.63, 3.8) is 0 Å². The van der Waals surface area contributed by atoms with Gasteiger partial charge >= 0.3 is 5.97 Å². The number of carbonyl (C=O) groups is 1. The summed E-state index contributed by atoms with van der Waals surface area (Å²) in [6, 6.07) is 0. The van der Waals surface area contributed by atoms with Gasteiger partial charge in [-0.3, -0.25) is 4.79 Å². The molecular weight excluding hydrogens is 256 g/mol. The molecule has 0 aromatic heterocycles. The lowest BCUT2D eigenvalue weighted by atomic mass is 10.1. The molecular formula is C16H32O4.